The van der Waals surface area contributed by atoms with Gasteiger partial charge >= 0.3 is 11.9 Å². The number of carboxylic acids is 2. The monoisotopic (exact) mass is 512 g/mol. The van der Waals surface area contributed by atoms with Crippen LogP contribution in [0.5, 0.6) is 5.75 Å². The summed E-state index contributed by atoms with van der Waals surface area (Å²) in [5, 5.41) is 44.0. The van der Waals surface area contributed by atoms with E-state index >= 15 is 0 Å². The first kappa shape index (κ1) is 28.0. The molecule has 1 aromatic heterocycles. The Kier molecular flexibility index (Phi) is 10.3. The molecular weight excluding hydrogens is 480 g/mol. The molecule has 198 valence electrons. The van der Waals surface area contributed by atoms with Crippen molar-refractivity contribution < 1.29 is 39.9 Å². The number of fused-ring (bicyclic) bond motifs is 1. The molecule has 1 aliphatic rings. The molecule has 0 aliphatic carbocycles. The van der Waals surface area contributed by atoms with Crippen molar-refractivity contribution in [3.8, 4) is 5.75 Å². The summed E-state index contributed by atoms with van der Waals surface area (Å²) in [5.74, 6) is -2.01. The van der Waals surface area contributed by atoms with Crippen molar-refractivity contribution in [2.75, 3.05) is 26.3 Å². The Morgan fingerprint density at radius 1 is 1.05 bits per heavy atom. The molecule has 0 radical (unpaired) electrons. The number of aromatic nitrogens is 1. The first-order chi connectivity index (χ1) is 17.8. The van der Waals surface area contributed by atoms with Crippen LogP contribution in [0.4, 0.5) is 0 Å². The summed E-state index contributed by atoms with van der Waals surface area (Å²) in [4.78, 5) is 26.3. The summed E-state index contributed by atoms with van der Waals surface area (Å²) in [6.45, 7) is 3.60. The lowest BCUT2D eigenvalue weighted by Crippen LogP contribution is -2.39. The number of aliphatic hydroxyl groups excluding tert-OH is 3. The SMILES string of the molecule is O=C(O)C(O)[C@H](O)C(=O)O.OCCOc1cccc(CN2CC[C@@H](Cc3cccc4cnccc34)C2)c1. The Morgan fingerprint density at radius 3 is 2.49 bits per heavy atom. The molecule has 1 saturated heterocycles. The second-order valence-corrected chi connectivity index (χ2v) is 8.89. The molecule has 5 N–H and O–H groups in total. The predicted molar refractivity (Wildman–Crippen MR) is 135 cm³/mol. The Bertz CT molecular complexity index is 1160. The molecule has 3 atom stereocenters. The second-order valence-electron chi connectivity index (χ2n) is 8.89. The molecule has 1 unspecified atom stereocenters. The minimum atomic E-state index is -2.27. The van der Waals surface area contributed by atoms with Crippen molar-refractivity contribution in [1.29, 1.82) is 0 Å². The highest BCUT2D eigenvalue weighted by Gasteiger charge is 2.29. The van der Waals surface area contributed by atoms with Crippen molar-refractivity contribution >= 4 is 22.7 Å². The molecule has 0 saturated carbocycles. The van der Waals surface area contributed by atoms with E-state index in [1.807, 2.05) is 24.5 Å². The number of nitrogens with zero attached hydrogens (tertiary/aromatic N) is 2. The zero-order valence-electron chi connectivity index (χ0n) is 20.3. The average molecular weight is 513 g/mol. The Balaban J connectivity index is 0.000000325. The van der Waals surface area contributed by atoms with Gasteiger partial charge in [0.15, 0.2) is 12.2 Å². The summed E-state index contributed by atoms with van der Waals surface area (Å²) in [6.07, 6.45) is 1.67. The molecule has 1 aliphatic heterocycles. The third-order valence-electron chi connectivity index (χ3n) is 6.12. The highest BCUT2D eigenvalue weighted by Crippen LogP contribution is 2.26. The Hall–Kier alpha value is -3.57. The van der Waals surface area contributed by atoms with Crippen molar-refractivity contribution in [2.45, 2.75) is 31.6 Å². The number of hydrogen-bond acceptors (Lipinski definition) is 8. The zero-order chi connectivity index (χ0) is 26.8. The normalized spacial score (nSPS) is 17.0. The van der Waals surface area contributed by atoms with Gasteiger partial charge in [0.25, 0.3) is 0 Å². The summed E-state index contributed by atoms with van der Waals surface area (Å²) in [7, 11) is 0. The molecule has 2 aromatic carbocycles. The van der Waals surface area contributed by atoms with Crippen LogP contribution in [0.25, 0.3) is 10.8 Å². The number of likely N-dealkylation sites (tertiary alicyclic amines) is 1. The van der Waals surface area contributed by atoms with E-state index in [1.165, 1.54) is 28.3 Å². The largest absolute Gasteiger partial charge is 0.491 e. The van der Waals surface area contributed by atoms with E-state index in [0.29, 0.717) is 12.5 Å². The van der Waals surface area contributed by atoms with Crippen molar-refractivity contribution in [2.24, 2.45) is 5.92 Å². The Morgan fingerprint density at radius 2 is 1.78 bits per heavy atom. The highest BCUT2D eigenvalue weighted by atomic mass is 16.5. The standard InChI is InChI=1S/C23H26N2O2.C4H6O6/c26-11-12-27-22-6-1-3-18(14-22)16-25-10-8-19(17-25)13-20-4-2-5-21-15-24-9-7-23(20)21;5-1(3(7)8)2(6)4(9)10/h1-7,9,14-15,19,26H,8,10-13,16-17H2;1-2,5-6H,(H,7,8)(H,9,10)/t19-;1-,2?/m00/s1. The zero-order valence-corrected chi connectivity index (χ0v) is 20.3. The van der Waals surface area contributed by atoms with Crippen LogP contribution in [0.1, 0.15) is 17.5 Å². The van der Waals surface area contributed by atoms with Gasteiger partial charge in [0, 0.05) is 30.9 Å². The number of aliphatic hydroxyl groups is 3. The minimum Gasteiger partial charge on any atom is -0.491 e. The van der Waals surface area contributed by atoms with Gasteiger partial charge < -0.3 is 30.3 Å². The van der Waals surface area contributed by atoms with E-state index in [-0.39, 0.29) is 6.61 Å². The second kappa shape index (κ2) is 13.7. The third-order valence-corrected chi connectivity index (χ3v) is 6.12. The van der Waals surface area contributed by atoms with Gasteiger partial charge in [-0.1, -0.05) is 30.3 Å². The molecule has 0 amide bonds. The summed E-state index contributed by atoms with van der Waals surface area (Å²) in [6, 6.07) is 16.9. The van der Waals surface area contributed by atoms with Crippen molar-refractivity contribution in [3.63, 3.8) is 0 Å². The highest BCUT2D eigenvalue weighted by molar-refractivity contribution is 5.84. The van der Waals surface area contributed by atoms with Crippen LogP contribution >= 0.6 is 0 Å². The van der Waals surface area contributed by atoms with Gasteiger partial charge in [-0.25, -0.2) is 9.59 Å². The van der Waals surface area contributed by atoms with Gasteiger partial charge in [-0.2, -0.15) is 0 Å². The van der Waals surface area contributed by atoms with Gasteiger partial charge in [-0.15, -0.1) is 0 Å². The first-order valence-corrected chi connectivity index (χ1v) is 12.0. The number of rotatable bonds is 10. The van der Waals surface area contributed by atoms with Gasteiger partial charge in [-0.05, 0) is 60.0 Å². The smallest absolute Gasteiger partial charge is 0.335 e. The van der Waals surface area contributed by atoms with Crippen LogP contribution < -0.4 is 4.74 Å². The number of ether oxygens (including phenoxy) is 1. The Labute approximate surface area is 214 Å². The molecule has 2 heterocycles. The van der Waals surface area contributed by atoms with Gasteiger partial charge in [0.05, 0.1) is 6.61 Å². The lowest BCUT2D eigenvalue weighted by molar-refractivity contribution is -0.165. The van der Waals surface area contributed by atoms with Crippen LogP contribution in [0.3, 0.4) is 0 Å². The molecule has 0 spiro atoms. The molecule has 10 heteroatoms. The van der Waals surface area contributed by atoms with Crippen LogP contribution in [-0.2, 0) is 22.6 Å². The fourth-order valence-corrected chi connectivity index (χ4v) is 4.33. The number of hydrogen-bond donors (Lipinski definition) is 5. The number of benzene rings is 2. The lowest BCUT2D eigenvalue weighted by atomic mass is 9.95. The quantitative estimate of drug-likeness (QED) is 0.270. The molecular formula is C27H32N2O8. The number of carboxylic acid groups (broad SMARTS) is 2. The summed E-state index contributed by atoms with van der Waals surface area (Å²) < 4.78 is 5.53. The fourth-order valence-electron chi connectivity index (χ4n) is 4.33. The number of carbonyl (C=O) groups is 2. The summed E-state index contributed by atoms with van der Waals surface area (Å²) in [5.41, 5.74) is 2.70. The lowest BCUT2D eigenvalue weighted by Gasteiger charge is -2.17. The number of pyridine rings is 1. The first-order valence-electron chi connectivity index (χ1n) is 12.0. The summed E-state index contributed by atoms with van der Waals surface area (Å²) >= 11 is 0. The molecule has 10 nitrogen and oxygen atoms in total. The maximum Gasteiger partial charge on any atom is 0.335 e. The van der Waals surface area contributed by atoms with E-state index in [2.05, 4.69) is 46.3 Å². The number of aliphatic carboxylic acids is 2. The molecule has 4 rings (SSSR count). The maximum absolute atomic E-state index is 9.77. The van der Waals surface area contributed by atoms with E-state index in [4.69, 9.17) is 30.3 Å². The van der Waals surface area contributed by atoms with Crippen molar-refractivity contribution in [3.05, 3.63) is 72.1 Å². The predicted octanol–water partition coefficient (Wildman–Crippen LogP) is 1.55. The molecule has 1 fully saturated rings. The van der Waals surface area contributed by atoms with E-state index in [9.17, 15) is 9.59 Å². The molecule has 37 heavy (non-hydrogen) atoms. The van der Waals surface area contributed by atoms with Crippen molar-refractivity contribution in [1.82, 2.24) is 9.88 Å². The van der Waals surface area contributed by atoms with Crippen LogP contribution in [0.2, 0.25) is 0 Å². The minimum absolute atomic E-state index is 0.0439. The van der Waals surface area contributed by atoms with E-state index < -0.39 is 24.1 Å². The van der Waals surface area contributed by atoms with Crippen LogP contribution in [-0.4, -0.2) is 85.9 Å². The topological polar surface area (TPSA) is 161 Å². The average Bonchev–Trinajstić information content (AvgIpc) is 3.33. The third kappa shape index (κ3) is 8.22. The molecule has 0 bridgehead atoms. The fraction of sp³-hybridized carbons (Fsp3) is 0.370. The van der Waals surface area contributed by atoms with E-state index in [0.717, 1.165) is 31.8 Å². The molecule has 3 aromatic rings. The van der Waals surface area contributed by atoms with Gasteiger partial charge in [0.1, 0.15) is 12.4 Å². The van der Waals surface area contributed by atoms with Gasteiger partial charge in [-0.3, -0.25) is 9.88 Å². The maximum atomic E-state index is 9.77. The van der Waals surface area contributed by atoms with Gasteiger partial charge in [0.2, 0.25) is 0 Å². The van der Waals surface area contributed by atoms with Crippen LogP contribution in [0, 0.1) is 5.92 Å². The van der Waals surface area contributed by atoms with Crippen LogP contribution in [0.15, 0.2) is 60.9 Å². The van der Waals surface area contributed by atoms with E-state index in [1.54, 1.807) is 0 Å².